The van der Waals surface area contributed by atoms with Crippen LogP contribution in [0.4, 0.5) is 5.69 Å². The van der Waals surface area contributed by atoms with Crippen molar-refractivity contribution in [2.24, 2.45) is 0 Å². The predicted octanol–water partition coefficient (Wildman–Crippen LogP) is 3.71. The van der Waals surface area contributed by atoms with Crippen molar-refractivity contribution in [1.29, 1.82) is 0 Å². The second-order valence-electron chi connectivity index (χ2n) is 6.71. The second-order valence-corrected chi connectivity index (χ2v) is 6.71. The molecule has 6 nitrogen and oxygen atoms in total. The van der Waals surface area contributed by atoms with Gasteiger partial charge >= 0.3 is 0 Å². The number of nitrogens with zero attached hydrogens (tertiary/aromatic N) is 3. The smallest absolute Gasteiger partial charge is 0.256 e. The fourth-order valence-corrected chi connectivity index (χ4v) is 3.16. The van der Waals surface area contributed by atoms with Gasteiger partial charge < -0.3 is 10.2 Å². The summed E-state index contributed by atoms with van der Waals surface area (Å²) in [5, 5.41) is 7.17. The highest BCUT2D eigenvalue weighted by Crippen LogP contribution is 2.17. The maximum atomic E-state index is 12.8. The van der Waals surface area contributed by atoms with E-state index in [0.29, 0.717) is 22.4 Å². The van der Waals surface area contributed by atoms with Crippen molar-refractivity contribution >= 4 is 17.4 Å². The fraction of sp³-hybridized carbons (Fsp3) is 0.261. The van der Waals surface area contributed by atoms with Gasteiger partial charge in [-0.05, 0) is 19.2 Å². The predicted molar refractivity (Wildman–Crippen MR) is 114 cm³/mol. The largest absolute Gasteiger partial charge is 0.319 e. The monoisotopic (exact) mass is 390 g/mol. The maximum Gasteiger partial charge on any atom is 0.256 e. The summed E-state index contributed by atoms with van der Waals surface area (Å²) in [7, 11) is 0. The molecule has 0 aliphatic carbocycles. The minimum Gasteiger partial charge on any atom is -0.319 e. The van der Waals surface area contributed by atoms with E-state index in [1.54, 1.807) is 42.6 Å². The molecule has 0 aliphatic heterocycles. The minimum absolute atomic E-state index is 0.175. The van der Waals surface area contributed by atoms with Gasteiger partial charge in [-0.15, -0.1) is 0 Å². The summed E-state index contributed by atoms with van der Waals surface area (Å²) >= 11 is 0. The normalized spacial score (nSPS) is 10.9. The first-order chi connectivity index (χ1) is 14.1. The summed E-state index contributed by atoms with van der Waals surface area (Å²) in [6.07, 6.45) is 3.44. The standard InChI is InChI=1S/C23H26N4O2/c1-3-26(4-2)14-15-27-17-19(16-24-27)25-23(29)21-13-9-8-12-20(21)22(28)18-10-6-5-7-11-18/h5-13,16-17H,3-4,14-15H2,1-2H3,(H,25,29). The van der Waals surface area contributed by atoms with Gasteiger partial charge in [-0.3, -0.25) is 14.3 Å². The van der Waals surface area contributed by atoms with E-state index in [1.165, 1.54) is 0 Å². The first-order valence-electron chi connectivity index (χ1n) is 9.87. The van der Waals surface area contributed by atoms with E-state index in [2.05, 4.69) is 29.2 Å². The van der Waals surface area contributed by atoms with Crippen molar-refractivity contribution in [1.82, 2.24) is 14.7 Å². The zero-order chi connectivity index (χ0) is 20.6. The van der Waals surface area contributed by atoms with Gasteiger partial charge in [0.1, 0.15) is 0 Å². The third-order valence-electron chi connectivity index (χ3n) is 4.88. The van der Waals surface area contributed by atoms with Crippen LogP contribution < -0.4 is 5.32 Å². The molecule has 150 valence electrons. The molecule has 6 heteroatoms. The van der Waals surface area contributed by atoms with Crippen LogP contribution >= 0.6 is 0 Å². The number of carbonyl (C=O) groups excluding carboxylic acids is 2. The van der Waals surface area contributed by atoms with Gasteiger partial charge in [-0.2, -0.15) is 5.10 Å². The van der Waals surface area contributed by atoms with Gasteiger partial charge in [-0.25, -0.2) is 0 Å². The lowest BCUT2D eigenvalue weighted by atomic mass is 9.98. The molecule has 1 aromatic heterocycles. The Kier molecular flexibility index (Phi) is 6.92. The van der Waals surface area contributed by atoms with E-state index in [-0.39, 0.29) is 11.7 Å². The molecule has 0 saturated heterocycles. The van der Waals surface area contributed by atoms with E-state index in [9.17, 15) is 9.59 Å². The van der Waals surface area contributed by atoms with Crippen molar-refractivity contribution < 1.29 is 9.59 Å². The number of anilines is 1. The summed E-state index contributed by atoms with van der Waals surface area (Å²) in [4.78, 5) is 28.0. The van der Waals surface area contributed by atoms with Gasteiger partial charge in [-0.1, -0.05) is 62.4 Å². The van der Waals surface area contributed by atoms with Gasteiger partial charge in [0, 0.05) is 23.9 Å². The molecule has 3 rings (SSSR count). The van der Waals surface area contributed by atoms with Gasteiger partial charge in [0.15, 0.2) is 5.78 Å². The van der Waals surface area contributed by atoms with E-state index in [0.717, 1.165) is 26.2 Å². The van der Waals surface area contributed by atoms with Crippen LogP contribution in [0, 0.1) is 0 Å². The number of amides is 1. The Morgan fingerprint density at radius 3 is 2.31 bits per heavy atom. The molecule has 3 aromatic rings. The highest BCUT2D eigenvalue weighted by Gasteiger charge is 2.18. The van der Waals surface area contributed by atoms with E-state index < -0.39 is 0 Å². The van der Waals surface area contributed by atoms with Crippen molar-refractivity contribution in [3.63, 3.8) is 0 Å². The number of hydrogen-bond acceptors (Lipinski definition) is 4. The van der Waals surface area contributed by atoms with E-state index >= 15 is 0 Å². The maximum absolute atomic E-state index is 12.8. The average Bonchev–Trinajstić information content (AvgIpc) is 3.21. The van der Waals surface area contributed by atoms with Crippen LogP contribution in [-0.4, -0.2) is 46.0 Å². The lowest BCUT2D eigenvalue weighted by Gasteiger charge is -2.17. The van der Waals surface area contributed by atoms with Gasteiger partial charge in [0.25, 0.3) is 5.91 Å². The highest BCUT2D eigenvalue weighted by atomic mass is 16.2. The number of aromatic nitrogens is 2. The average molecular weight is 390 g/mol. The Morgan fingerprint density at radius 2 is 1.62 bits per heavy atom. The molecule has 1 amide bonds. The molecule has 0 spiro atoms. The van der Waals surface area contributed by atoms with Crippen LogP contribution in [0.15, 0.2) is 67.0 Å². The molecular weight excluding hydrogens is 364 g/mol. The van der Waals surface area contributed by atoms with Crippen LogP contribution in [0.3, 0.4) is 0 Å². The summed E-state index contributed by atoms with van der Waals surface area (Å²) in [6, 6.07) is 15.8. The molecule has 0 radical (unpaired) electrons. The summed E-state index contributed by atoms with van der Waals surface area (Å²) in [5.74, 6) is -0.501. The van der Waals surface area contributed by atoms with Crippen LogP contribution in [0.2, 0.25) is 0 Å². The molecule has 0 aliphatic rings. The first kappa shape index (κ1) is 20.5. The number of benzene rings is 2. The third kappa shape index (κ3) is 5.18. The third-order valence-corrected chi connectivity index (χ3v) is 4.88. The van der Waals surface area contributed by atoms with Crippen molar-refractivity contribution in [3.8, 4) is 0 Å². The van der Waals surface area contributed by atoms with Crippen molar-refractivity contribution in [3.05, 3.63) is 83.7 Å². The molecule has 0 unspecified atom stereocenters. The number of hydrogen-bond donors (Lipinski definition) is 1. The Hall–Kier alpha value is -3.25. The second kappa shape index (κ2) is 9.80. The zero-order valence-corrected chi connectivity index (χ0v) is 16.8. The Bertz CT molecular complexity index is 962. The van der Waals surface area contributed by atoms with Crippen LogP contribution in [0.5, 0.6) is 0 Å². The Labute approximate surface area is 171 Å². The quantitative estimate of drug-likeness (QED) is 0.566. The molecule has 0 atom stereocenters. The van der Waals surface area contributed by atoms with Gasteiger partial charge in [0.2, 0.25) is 0 Å². The van der Waals surface area contributed by atoms with Crippen LogP contribution in [0.25, 0.3) is 0 Å². The number of ketones is 1. The molecule has 0 bridgehead atoms. The Balaban J connectivity index is 1.71. The molecule has 1 N–H and O–H groups in total. The zero-order valence-electron chi connectivity index (χ0n) is 16.8. The molecule has 1 heterocycles. The van der Waals surface area contributed by atoms with Crippen LogP contribution in [0.1, 0.15) is 40.1 Å². The summed E-state index contributed by atoms with van der Waals surface area (Å²) in [6.45, 7) is 7.90. The summed E-state index contributed by atoms with van der Waals surface area (Å²) < 4.78 is 1.81. The minimum atomic E-state index is -0.326. The number of rotatable bonds is 9. The van der Waals surface area contributed by atoms with Gasteiger partial charge in [0.05, 0.1) is 24.0 Å². The molecule has 0 fully saturated rings. The molecule has 0 saturated carbocycles. The number of nitrogens with one attached hydrogen (secondary N) is 1. The highest BCUT2D eigenvalue weighted by molar-refractivity contribution is 6.17. The lowest BCUT2D eigenvalue weighted by Crippen LogP contribution is -2.27. The molecular formula is C23H26N4O2. The fourth-order valence-electron chi connectivity index (χ4n) is 3.16. The van der Waals surface area contributed by atoms with Crippen molar-refractivity contribution in [2.75, 3.05) is 25.0 Å². The number of carbonyl (C=O) groups is 2. The lowest BCUT2D eigenvalue weighted by molar-refractivity contribution is 0.0996. The van der Waals surface area contributed by atoms with Crippen LogP contribution in [-0.2, 0) is 6.54 Å². The first-order valence-corrected chi connectivity index (χ1v) is 9.87. The topological polar surface area (TPSA) is 67.2 Å². The molecule has 29 heavy (non-hydrogen) atoms. The van der Waals surface area contributed by atoms with E-state index in [1.807, 2.05) is 29.1 Å². The van der Waals surface area contributed by atoms with Crippen molar-refractivity contribution in [2.45, 2.75) is 20.4 Å². The van der Waals surface area contributed by atoms with E-state index in [4.69, 9.17) is 0 Å². The Morgan fingerprint density at radius 1 is 0.966 bits per heavy atom. The summed E-state index contributed by atoms with van der Waals surface area (Å²) in [5.41, 5.74) is 1.89. The SMILES string of the molecule is CCN(CC)CCn1cc(NC(=O)c2ccccc2C(=O)c2ccccc2)cn1. The molecule has 2 aromatic carbocycles. The number of likely N-dealkylation sites (N-methyl/N-ethyl adjacent to an activating group) is 1.